The smallest absolute Gasteiger partial charge is 0.125 e. The maximum atomic E-state index is 5.92. The van der Waals surface area contributed by atoms with Gasteiger partial charge in [-0.15, -0.1) is 0 Å². The van der Waals surface area contributed by atoms with Gasteiger partial charge in [-0.3, -0.25) is 0 Å². The third-order valence-electron chi connectivity index (χ3n) is 3.17. The van der Waals surface area contributed by atoms with Gasteiger partial charge in [0.2, 0.25) is 0 Å². The monoisotopic (exact) mass is 283 g/mol. The Labute approximate surface area is 105 Å². The summed E-state index contributed by atoms with van der Waals surface area (Å²) in [5, 5.41) is 0. The average Bonchev–Trinajstić information content (AvgIpc) is 2.14. The Bertz CT molecular complexity index is 361. The van der Waals surface area contributed by atoms with Gasteiger partial charge in [-0.05, 0) is 37.8 Å². The van der Waals surface area contributed by atoms with Crippen LogP contribution in [0.5, 0.6) is 5.75 Å². The van der Waals surface area contributed by atoms with Crippen LogP contribution in [0.1, 0.15) is 37.8 Å². The molecule has 0 heterocycles. The predicted molar refractivity (Wildman–Crippen MR) is 69.6 cm³/mol. The van der Waals surface area contributed by atoms with Crippen LogP contribution in [0.4, 0.5) is 0 Å². The number of ether oxygens (including phenoxy) is 1. The molecule has 2 nitrogen and oxygen atoms in total. The van der Waals surface area contributed by atoms with E-state index >= 15 is 0 Å². The molecular formula is C13H18BrNO. The highest BCUT2D eigenvalue weighted by Crippen LogP contribution is 2.31. The van der Waals surface area contributed by atoms with Crippen molar-refractivity contribution in [1.29, 1.82) is 0 Å². The Kier molecular flexibility index (Phi) is 3.87. The molecule has 1 saturated carbocycles. The van der Waals surface area contributed by atoms with Crippen LogP contribution in [-0.4, -0.2) is 6.61 Å². The lowest BCUT2D eigenvalue weighted by molar-refractivity contribution is 0.179. The van der Waals surface area contributed by atoms with E-state index in [-0.39, 0.29) is 6.04 Å². The van der Waals surface area contributed by atoms with Gasteiger partial charge in [0.25, 0.3) is 0 Å². The lowest BCUT2D eigenvalue weighted by Gasteiger charge is -2.26. The highest BCUT2D eigenvalue weighted by molar-refractivity contribution is 9.10. The highest BCUT2D eigenvalue weighted by Gasteiger charge is 2.19. The van der Waals surface area contributed by atoms with Gasteiger partial charge in [0.15, 0.2) is 0 Å². The average molecular weight is 284 g/mol. The molecule has 1 aliphatic rings. The molecule has 16 heavy (non-hydrogen) atoms. The van der Waals surface area contributed by atoms with E-state index in [0.717, 1.165) is 28.3 Å². The Morgan fingerprint density at radius 1 is 1.50 bits per heavy atom. The van der Waals surface area contributed by atoms with Crippen molar-refractivity contribution in [2.24, 2.45) is 11.7 Å². The van der Waals surface area contributed by atoms with Crippen molar-refractivity contribution in [3.63, 3.8) is 0 Å². The van der Waals surface area contributed by atoms with Crippen molar-refractivity contribution in [1.82, 2.24) is 0 Å². The summed E-state index contributed by atoms with van der Waals surface area (Å²) >= 11 is 3.46. The number of nitrogens with two attached hydrogens (primary N) is 1. The Morgan fingerprint density at radius 3 is 2.81 bits per heavy atom. The molecule has 1 unspecified atom stereocenters. The van der Waals surface area contributed by atoms with E-state index in [1.165, 1.54) is 19.3 Å². The van der Waals surface area contributed by atoms with Crippen LogP contribution in [0, 0.1) is 5.92 Å². The lowest BCUT2D eigenvalue weighted by atomic mass is 9.86. The van der Waals surface area contributed by atoms with E-state index in [1.807, 2.05) is 25.1 Å². The Hall–Kier alpha value is -0.540. The van der Waals surface area contributed by atoms with Crippen LogP contribution in [0.15, 0.2) is 22.7 Å². The largest absolute Gasteiger partial charge is 0.493 e. The van der Waals surface area contributed by atoms with Crippen LogP contribution in [0.2, 0.25) is 0 Å². The zero-order valence-electron chi connectivity index (χ0n) is 9.58. The predicted octanol–water partition coefficient (Wildman–Crippen LogP) is 3.65. The first-order valence-electron chi connectivity index (χ1n) is 5.84. The molecule has 0 radical (unpaired) electrons. The molecule has 3 heteroatoms. The minimum Gasteiger partial charge on any atom is -0.493 e. The summed E-state index contributed by atoms with van der Waals surface area (Å²) in [6.45, 7) is 2.82. The SMILES string of the molecule is CC(N)c1ccc(Br)cc1OCC1CCC1. The van der Waals surface area contributed by atoms with Gasteiger partial charge in [0, 0.05) is 16.1 Å². The molecule has 0 spiro atoms. The molecule has 1 aromatic carbocycles. The van der Waals surface area contributed by atoms with E-state index in [4.69, 9.17) is 10.5 Å². The van der Waals surface area contributed by atoms with Crippen LogP contribution < -0.4 is 10.5 Å². The molecule has 2 rings (SSSR count). The fraction of sp³-hybridized carbons (Fsp3) is 0.538. The van der Waals surface area contributed by atoms with Crippen molar-refractivity contribution >= 4 is 15.9 Å². The van der Waals surface area contributed by atoms with Crippen molar-refractivity contribution in [2.45, 2.75) is 32.2 Å². The lowest BCUT2D eigenvalue weighted by Crippen LogP contribution is -2.20. The van der Waals surface area contributed by atoms with Crippen molar-refractivity contribution in [3.05, 3.63) is 28.2 Å². The Balaban J connectivity index is 2.06. The number of hydrogen-bond acceptors (Lipinski definition) is 2. The van der Waals surface area contributed by atoms with E-state index < -0.39 is 0 Å². The normalized spacial score (nSPS) is 17.9. The van der Waals surface area contributed by atoms with Gasteiger partial charge in [0.05, 0.1) is 6.61 Å². The third kappa shape index (κ3) is 2.77. The molecule has 1 atom stereocenters. The zero-order valence-corrected chi connectivity index (χ0v) is 11.2. The van der Waals surface area contributed by atoms with E-state index in [1.54, 1.807) is 0 Å². The molecule has 0 saturated heterocycles. The quantitative estimate of drug-likeness (QED) is 0.916. The summed E-state index contributed by atoms with van der Waals surface area (Å²) in [4.78, 5) is 0. The summed E-state index contributed by atoms with van der Waals surface area (Å²) in [6, 6.07) is 6.07. The minimum atomic E-state index is 0.0180. The number of rotatable bonds is 4. The first-order chi connectivity index (χ1) is 7.66. The van der Waals surface area contributed by atoms with E-state index in [2.05, 4.69) is 15.9 Å². The molecule has 1 aromatic rings. The summed E-state index contributed by atoms with van der Waals surface area (Å²) in [7, 11) is 0. The second-order valence-corrected chi connectivity index (χ2v) is 5.49. The first-order valence-corrected chi connectivity index (χ1v) is 6.64. The summed E-state index contributed by atoms with van der Waals surface area (Å²) < 4.78 is 6.92. The van der Waals surface area contributed by atoms with Crippen LogP contribution in [0.3, 0.4) is 0 Å². The maximum Gasteiger partial charge on any atom is 0.125 e. The van der Waals surface area contributed by atoms with E-state index in [9.17, 15) is 0 Å². The van der Waals surface area contributed by atoms with Gasteiger partial charge >= 0.3 is 0 Å². The van der Waals surface area contributed by atoms with Gasteiger partial charge in [-0.25, -0.2) is 0 Å². The molecule has 0 amide bonds. The van der Waals surface area contributed by atoms with Crippen LogP contribution >= 0.6 is 15.9 Å². The zero-order chi connectivity index (χ0) is 11.5. The summed E-state index contributed by atoms with van der Waals surface area (Å²) in [6.07, 6.45) is 3.97. The topological polar surface area (TPSA) is 35.2 Å². The molecule has 0 bridgehead atoms. The molecule has 0 aliphatic heterocycles. The summed E-state index contributed by atoms with van der Waals surface area (Å²) in [5.41, 5.74) is 7.01. The number of hydrogen-bond donors (Lipinski definition) is 1. The van der Waals surface area contributed by atoms with Crippen LogP contribution in [-0.2, 0) is 0 Å². The van der Waals surface area contributed by atoms with Gasteiger partial charge in [-0.2, -0.15) is 0 Å². The van der Waals surface area contributed by atoms with Gasteiger partial charge in [0.1, 0.15) is 5.75 Å². The van der Waals surface area contributed by atoms with Gasteiger partial charge in [-0.1, -0.05) is 28.4 Å². The molecule has 2 N–H and O–H groups in total. The number of benzene rings is 1. The fourth-order valence-corrected chi connectivity index (χ4v) is 2.22. The molecular weight excluding hydrogens is 266 g/mol. The van der Waals surface area contributed by atoms with Crippen LogP contribution in [0.25, 0.3) is 0 Å². The standard InChI is InChI=1S/C13H18BrNO/c1-9(15)12-6-5-11(14)7-13(12)16-8-10-3-2-4-10/h5-7,9-10H,2-4,8,15H2,1H3. The molecule has 1 aliphatic carbocycles. The fourth-order valence-electron chi connectivity index (χ4n) is 1.88. The minimum absolute atomic E-state index is 0.0180. The first kappa shape index (κ1) is 11.9. The highest BCUT2D eigenvalue weighted by atomic mass is 79.9. The second-order valence-electron chi connectivity index (χ2n) is 4.58. The van der Waals surface area contributed by atoms with Gasteiger partial charge < -0.3 is 10.5 Å². The van der Waals surface area contributed by atoms with Crippen molar-refractivity contribution in [3.8, 4) is 5.75 Å². The third-order valence-corrected chi connectivity index (χ3v) is 3.66. The van der Waals surface area contributed by atoms with Crippen molar-refractivity contribution in [2.75, 3.05) is 6.61 Å². The summed E-state index contributed by atoms with van der Waals surface area (Å²) in [5.74, 6) is 1.68. The molecule has 0 aromatic heterocycles. The van der Waals surface area contributed by atoms with Crippen molar-refractivity contribution < 1.29 is 4.74 Å². The molecule has 1 fully saturated rings. The number of halogens is 1. The maximum absolute atomic E-state index is 5.92. The van der Waals surface area contributed by atoms with E-state index in [0.29, 0.717) is 0 Å². The molecule has 88 valence electrons. The Morgan fingerprint density at radius 2 is 2.25 bits per heavy atom. The second kappa shape index (κ2) is 5.19.